The zero-order chi connectivity index (χ0) is 14.7. The van der Waals surface area contributed by atoms with E-state index in [0.29, 0.717) is 0 Å². The highest BCUT2D eigenvalue weighted by molar-refractivity contribution is 5.34. The number of aryl methyl sites for hydroxylation is 1. The maximum Gasteiger partial charge on any atom is 0.102 e. The molecular formula is C18H22N2O. The van der Waals surface area contributed by atoms with Crippen molar-refractivity contribution in [1.29, 1.82) is 0 Å². The molecule has 0 saturated carbocycles. The third kappa shape index (κ3) is 2.99. The number of ether oxygens (including phenoxy) is 1. The first-order valence-electron chi connectivity index (χ1n) is 7.64. The number of hydrogen-bond acceptors (Lipinski definition) is 3. The Hall–Kier alpha value is -1.71. The molecule has 1 N–H and O–H groups in total. The maximum absolute atomic E-state index is 6.12. The van der Waals surface area contributed by atoms with Crippen molar-refractivity contribution in [2.45, 2.75) is 32.4 Å². The predicted molar refractivity (Wildman–Crippen MR) is 84.2 cm³/mol. The van der Waals surface area contributed by atoms with Gasteiger partial charge in [-0.3, -0.25) is 4.98 Å². The van der Waals surface area contributed by atoms with Gasteiger partial charge in [-0.2, -0.15) is 0 Å². The van der Waals surface area contributed by atoms with Gasteiger partial charge in [0.2, 0.25) is 0 Å². The van der Waals surface area contributed by atoms with E-state index in [-0.39, 0.29) is 12.1 Å². The molecule has 3 heteroatoms. The number of nitrogens with zero attached hydrogens (tertiary/aromatic N) is 1. The molecule has 2 heterocycles. The molecule has 0 bridgehead atoms. The molecule has 0 aliphatic carbocycles. The minimum absolute atomic E-state index is 0.0542. The molecule has 0 amide bonds. The molecule has 0 radical (unpaired) electrons. The van der Waals surface area contributed by atoms with E-state index in [9.17, 15) is 0 Å². The molecule has 2 atom stereocenters. The largest absolute Gasteiger partial charge is 0.371 e. The van der Waals surface area contributed by atoms with Crippen LogP contribution < -0.4 is 5.32 Å². The number of aromatic nitrogens is 1. The van der Waals surface area contributed by atoms with Crippen LogP contribution in [0.1, 0.15) is 41.3 Å². The summed E-state index contributed by atoms with van der Waals surface area (Å²) >= 11 is 0. The normalized spacial score (nSPS) is 19.0. The first-order valence-corrected chi connectivity index (χ1v) is 7.64. The molecule has 2 unspecified atom stereocenters. The van der Waals surface area contributed by atoms with Gasteiger partial charge in [0.1, 0.15) is 6.10 Å². The SMILES string of the molecule is CCNC(c1cncc(C)c1)C1OCCc2ccccc21. The van der Waals surface area contributed by atoms with Crippen molar-refractivity contribution in [2.75, 3.05) is 13.2 Å². The highest BCUT2D eigenvalue weighted by Gasteiger charge is 2.29. The Labute approximate surface area is 126 Å². The lowest BCUT2D eigenvalue weighted by Crippen LogP contribution is -2.31. The van der Waals surface area contributed by atoms with Crippen LogP contribution in [0.15, 0.2) is 42.7 Å². The Morgan fingerprint density at radius 2 is 2.19 bits per heavy atom. The fraction of sp³-hybridized carbons (Fsp3) is 0.389. The monoisotopic (exact) mass is 282 g/mol. The Morgan fingerprint density at radius 3 is 3.00 bits per heavy atom. The van der Waals surface area contributed by atoms with Gasteiger partial charge < -0.3 is 10.1 Å². The van der Waals surface area contributed by atoms with Crippen LogP contribution in [0.4, 0.5) is 0 Å². The number of likely N-dealkylation sites (N-methyl/N-ethyl adjacent to an activating group) is 1. The van der Waals surface area contributed by atoms with E-state index in [1.807, 2.05) is 12.4 Å². The van der Waals surface area contributed by atoms with Crippen molar-refractivity contribution in [1.82, 2.24) is 10.3 Å². The minimum atomic E-state index is 0.0542. The van der Waals surface area contributed by atoms with Crippen LogP contribution >= 0.6 is 0 Å². The van der Waals surface area contributed by atoms with Crippen molar-refractivity contribution in [2.24, 2.45) is 0 Å². The smallest absolute Gasteiger partial charge is 0.102 e. The second-order valence-electron chi connectivity index (χ2n) is 5.57. The molecule has 2 aromatic rings. The summed E-state index contributed by atoms with van der Waals surface area (Å²) in [6, 6.07) is 10.9. The average Bonchev–Trinajstić information content (AvgIpc) is 2.52. The molecule has 0 spiro atoms. The topological polar surface area (TPSA) is 34.2 Å². The van der Waals surface area contributed by atoms with Crippen molar-refractivity contribution >= 4 is 0 Å². The van der Waals surface area contributed by atoms with Gasteiger partial charge in [0, 0.05) is 12.4 Å². The molecular weight excluding hydrogens is 260 g/mol. The van der Waals surface area contributed by atoms with Gasteiger partial charge in [0.25, 0.3) is 0 Å². The average molecular weight is 282 g/mol. The zero-order valence-electron chi connectivity index (χ0n) is 12.7. The van der Waals surface area contributed by atoms with E-state index in [1.54, 1.807) is 0 Å². The summed E-state index contributed by atoms with van der Waals surface area (Å²) in [5.41, 5.74) is 5.08. The van der Waals surface area contributed by atoms with Gasteiger partial charge in [-0.25, -0.2) is 0 Å². The summed E-state index contributed by atoms with van der Waals surface area (Å²) in [6.45, 7) is 5.89. The zero-order valence-corrected chi connectivity index (χ0v) is 12.7. The van der Waals surface area contributed by atoms with E-state index < -0.39 is 0 Å². The van der Waals surface area contributed by atoms with Crippen molar-refractivity contribution in [3.05, 3.63) is 65.0 Å². The van der Waals surface area contributed by atoms with Crippen molar-refractivity contribution in [3.8, 4) is 0 Å². The van der Waals surface area contributed by atoms with Crippen LogP contribution in [-0.2, 0) is 11.2 Å². The quantitative estimate of drug-likeness (QED) is 0.933. The predicted octanol–water partition coefficient (Wildman–Crippen LogP) is 3.35. The molecule has 3 rings (SSSR count). The van der Waals surface area contributed by atoms with Gasteiger partial charge in [0.15, 0.2) is 0 Å². The lowest BCUT2D eigenvalue weighted by molar-refractivity contribution is 0.0150. The van der Waals surface area contributed by atoms with Crippen LogP contribution in [0.3, 0.4) is 0 Å². The summed E-state index contributed by atoms with van der Waals surface area (Å²) in [5.74, 6) is 0. The molecule has 110 valence electrons. The minimum Gasteiger partial charge on any atom is -0.371 e. The van der Waals surface area contributed by atoms with Gasteiger partial charge >= 0.3 is 0 Å². The summed E-state index contributed by atoms with van der Waals surface area (Å²) in [6.07, 6.45) is 4.89. The molecule has 1 aliphatic heterocycles. The fourth-order valence-corrected chi connectivity index (χ4v) is 3.07. The molecule has 21 heavy (non-hydrogen) atoms. The summed E-state index contributed by atoms with van der Waals surface area (Å²) < 4.78 is 6.12. The number of rotatable bonds is 4. The molecule has 1 aromatic carbocycles. The summed E-state index contributed by atoms with van der Waals surface area (Å²) in [7, 11) is 0. The van der Waals surface area contributed by atoms with Crippen molar-refractivity contribution < 1.29 is 4.74 Å². The van der Waals surface area contributed by atoms with E-state index in [4.69, 9.17) is 4.74 Å². The van der Waals surface area contributed by atoms with Crippen molar-refractivity contribution in [3.63, 3.8) is 0 Å². The van der Waals surface area contributed by atoms with Gasteiger partial charge in [-0.1, -0.05) is 37.3 Å². The number of nitrogens with one attached hydrogen (secondary N) is 1. The Morgan fingerprint density at radius 1 is 1.33 bits per heavy atom. The highest BCUT2D eigenvalue weighted by Crippen LogP contribution is 2.36. The van der Waals surface area contributed by atoms with Crippen LogP contribution in [0.25, 0.3) is 0 Å². The van der Waals surface area contributed by atoms with Crippen LogP contribution in [-0.4, -0.2) is 18.1 Å². The summed E-state index contributed by atoms with van der Waals surface area (Å²) in [5, 5.41) is 3.57. The number of fused-ring (bicyclic) bond motifs is 1. The van der Waals surface area contributed by atoms with E-state index in [0.717, 1.165) is 19.6 Å². The standard InChI is InChI=1S/C18H22N2O/c1-3-20-17(15-10-13(2)11-19-12-15)18-16-7-5-4-6-14(16)8-9-21-18/h4-7,10-12,17-18,20H,3,8-9H2,1-2H3. The third-order valence-corrected chi connectivity index (χ3v) is 4.01. The third-order valence-electron chi connectivity index (χ3n) is 4.01. The van der Waals surface area contributed by atoms with Crippen LogP contribution in [0.5, 0.6) is 0 Å². The number of benzene rings is 1. The number of hydrogen-bond donors (Lipinski definition) is 1. The highest BCUT2D eigenvalue weighted by atomic mass is 16.5. The van der Waals surface area contributed by atoms with E-state index >= 15 is 0 Å². The molecule has 3 nitrogen and oxygen atoms in total. The fourth-order valence-electron chi connectivity index (χ4n) is 3.07. The van der Waals surface area contributed by atoms with Gasteiger partial charge in [-0.15, -0.1) is 0 Å². The second-order valence-corrected chi connectivity index (χ2v) is 5.57. The maximum atomic E-state index is 6.12. The van der Waals surface area contributed by atoms with Gasteiger partial charge in [-0.05, 0) is 42.1 Å². The second kappa shape index (κ2) is 6.37. The lowest BCUT2D eigenvalue weighted by atomic mass is 9.90. The molecule has 1 aromatic heterocycles. The molecule has 1 aliphatic rings. The molecule has 0 saturated heterocycles. The Kier molecular flexibility index (Phi) is 4.32. The molecule has 0 fully saturated rings. The lowest BCUT2D eigenvalue weighted by Gasteiger charge is -2.33. The van der Waals surface area contributed by atoms with E-state index in [1.165, 1.54) is 22.3 Å². The van der Waals surface area contributed by atoms with Gasteiger partial charge in [0.05, 0.1) is 12.6 Å². The Bertz CT molecular complexity index is 612. The first-order chi connectivity index (χ1) is 10.3. The Balaban J connectivity index is 1.99. The first kappa shape index (κ1) is 14.2. The van der Waals surface area contributed by atoms with Crippen LogP contribution in [0.2, 0.25) is 0 Å². The number of pyridine rings is 1. The van der Waals surface area contributed by atoms with E-state index in [2.05, 4.69) is 54.5 Å². The van der Waals surface area contributed by atoms with Crippen LogP contribution in [0, 0.1) is 6.92 Å². The summed E-state index contributed by atoms with van der Waals surface area (Å²) in [4.78, 5) is 4.34.